The molecule has 1 aromatic carbocycles. The highest BCUT2D eigenvalue weighted by atomic mass is 19.1. The fraction of sp³-hybridized carbons (Fsp3) is 0.474. The van der Waals surface area contributed by atoms with Crippen LogP contribution in [0.25, 0.3) is 0 Å². The summed E-state index contributed by atoms with van der Waals surface area (Å²) in [6.45, 7) is 4.50. The second-order valence-electron chi connectivity index (χ2n) is 6.40. The van der Waals surface area contributed by atoms with E-state index in [9.17, 15) is 28.7 Å². The normalized spacial score (nSPS) is 13.7. The van der Waals surface area contributed by atoms with E-state index in [-0.39, 0.29) is 19.4 Å². The Balaban J connectivity index is 2.91. The van der Waals surface area contributed by atoms with Gasteiger partial charge in [-0.2, -0.15) is 0 Å². The first kappa shape index (κ1) is 23.1. The standard InChI is InChI=1S/C19H25FN2O6/c1-4-28-16(24)8-11(2)17(19(26)27)22-18(25)15(21-12(3)23)10-13-6-5-7-14(20)9-13/h5-7,9,11,15,17H,4,8,10H2,1-3H3,(H,21,23)(H,22,25)(H,26,27)/t11-,15+,17-/m0/s1. The van der Waals surface area contributed by atoms with E-state index >= 15 is 0 Å². The van der Waals surface area contributed by atoms with Crippen molar-refractivity contribution < 1.29 is 33.4 Å². The third kappa shape index (κ3) is 7.73. The van der Waals surface area contributed by atoms with E-state index in [0.29, 0.717) is 5.56 Å². The summed E-state index contributed by atoms with van der Waals surface area (Å²) in [6, 6.07) is 3.06. The first-order valence-corrected chi connectivity index (χ1v) is 8.84. The SMILES string of the molecule is CCOC(=O)C[C@H](C)[C@H](NC(=O)[C@@H](Cc1cccc(F)c1)NC(C)=O)C(=O)O. The minimum absolute atomic E-state index is 0.0260. The van der Waals surface area contributed by atoms with E-state index in [1.165, 1.54) is 32.0 Å². The number of carbonyl (C=O) groups excluding carboxylic acids is 3. The number of carboxylic acid groups (broad SMARTS) is 1. The van der Waals surface area contributed by atoms with Crippen molar-refractivity contribution in [2.24, 2.45) is 5.92 Å². The minimum atomic E-state index is -1.36. The van der Waals surface area contributed by atoms with Crippen molar-refractivity contribution in [3.8, 4) is 0 Å². The Bertz CT molecular complexity index is 724. The molecule has 0 saturated carbocycles. The summed E-state index contributed by atoms with van der Waals surface area (Å²) in [5, 5.41) is 14.2. The molecule has 0 heterocycles. The van der Waals surface area contributed by atoms with Gasteiger partial charge in [0, 0.05) is 13.3 Å². The molecular weight excluding hydrogens is 371 g/mol. The van der Waals surface area contributed by atoms with Crippen LogP contribution in [0.5, 0.6) is 0 Å². The van der Waals surface area contributed by atoms with Crippen LogP contribution in [0.2, 0.25) is 0 Å². The van der Waals surface area contributed by atoms with Crippen LogP contribution in [0.15, 0.2) is 24.3 Å². The summed E-state index contributed by atoms with van der Waals surface area (Å²) >= 11 is 0. The summed E-state index contributed by atoms with van der Waals surface area (Å²) in [5.41, 5.74) is 0.459. The van der Waals surface area contributed by atoms with Crippen molar-refractivity contribution in [2.75, 3.05) is 6.61 Å². The Kier molecular flexibility index (Phi) is 9.07. The van der Waals surface area contributed by atoms with E-state index in [2.05, 4.69) is 10.6 Å². The Morgan fingerprint density at radius 1 is 1.21 bits per heavy atom. The van der Waals surface area contributed by atoms with Gasteiger partial charge in [-0.25, -0.2) is 9.18 Å². The van der Waals surface area contributed by atoms with Gasteiger partial charge in [-0.1, -0.05) is 19.1 Å². The van der Waals surface area contributed by atoms with Crippen molar-refractivity contribution in [1.82, 2.24) is 10.6 Å². The highest BCUT2D eigenvalue weighted by Gasteiger charge is 2.31. The number of esters is 1. The Hall–Kier alpha value is -2.97. The molecule has 8 nitrogen and oxygen atoms in total. The van der Waals surface area contributed by atoms with Crippen LogP contribution < -0.4 is 10.6 Å². The van der Waals surface area contributed by atoms with Crippen LogP contribution in [-0.2, 0) is 30.3 Å². The second kappa shape index (κ2) is 11.0. The topological polar surface area (TPSA) is 122 Å². The zero-order valence-corrected chi connectivity index (χ0v) is 16.0. The molecule has 1 rings (SSSR count). The number of nitrogens with one attached hydrogen (secondary N) is 2. The molecule has 0 saturated heterocycles. The van der Waals surface area contributed by atoms with E-state index in [1.54, 1.807) is 13.0 Å². The second-order valence-corrected chi connectivity index (χ2v) is 6.40. The van der Waals surface area contributed by atoms with Crippen molar-refractivity contribution in [1.29, 1.82) is 0 Å². The number of rotatable bonds is 10. The summed E-state index contributed by atoms with van der Waals surface area (Å²) in [5.74, 6) is -4.38. The van der Waals surface area contributed by atoms with Crippen molar-refractivity contribution in [3.05, 3.63) is 35.6 Å². The zero-order chi connectivity index (χ0) is 21.3. The average Bonchev–Trinajstić information content (AvgIpc) is 2.58. The molecule has 2 amide bonds. The van der Waals surface area contributed by atoms with Gasteiger partial charge in [-0.15, -0.1) is 0 Å². The van der Waals surface area contributed by atoms with Gasteiger partial charge in [0.1, 0.15) is 17.9 Å². The van der Waals surface area contributed by atoms with Crippen molar-refractivity contribution in [2.45, 2.75) is 45.7 Å². The fourth-order valence-electron chi connectivity index (χ4n) is 2.66. The van der Waals surface area contributed by atoms with E-state index in [4.69, 9.17) is 4.74 Å². The van der Waals surface area contributed by atoms with Crippen LogP contribution in [0.1, 0.15) is 32.8 Å². The average molecular weight is 396 g/mol. The van der Waals surface area contributed by atoms with E-state index in [1.807, 2.05) is 0 Å². The zero-order valence-electron chi connectivity index (χ0n) is 16.0. The molecule has 0 aliphatic heterocycles. The molecule has 1 aromatic rings. The third-order valence-electron chi connectivity index (χ3n) is 3.95. The van der Waals surface area contributed by atoms with Gasteiger partial charge in [-0.3, -0.25) is 14.4 Å². The van der Waals surface area contributed by atoms with Gasteiger partial charge in [0.25, 0.3) is 0 Å². The highest BCUT2D eigenvalue weighted by Crippen LogP contribution is 2.12. The Morgan fingerprint density at radius 2 is 1.89 bits per heavy atom. The lowest BCUT2D eigenvalue weighted by atomic mass is 9.97. The van der Waals surface area contributed by atoms with Gasteiger partial charge in [0.05, 0.1) is 13.0 Å². The largest absolute Gasteiger partial charge is 0.480 e. The molecule has 0 radical (unpaired) electrons. The molecule has 28 heavy (non-hydrogen) atoms. The summed E-state index contributed by atoms with van der Waals surface area (Å²) in [4.78, 5) is 47.2. The molecule has 3 atom stereocenters. The quantitative estimate of drug-likeness (QED) is 0.508. The van der Waals surface area contributed by atoms with Gasteiger partial charge in [0.15, 0.2) is 0 Å². The lowest BCUT2D eigenvalue weighted by molar-refractivity contribution is -0.147. The minimum Gasteiger partial charge on any atom is -0.480 e. The predicted molar refractivity (Wildman–Crippen MR) is 97.7 cm³/mol. The number of aliphatic carboxylic acids is 1. The molecule has 0 aliphatic carbocycles. The van der Waals surface area contributed by atoms with Crippen LogP contribution in [0.3, 0.4) is 0 Å². The molecule has 154 valence electrons. The van der Waals surface area contributed by atoms with Gasteiger partial charge in [0.2, 0.25) is 11.8 Å². The smallest absolute Gasteiger partial charge is 0.326 e. The molecule has 0 aromatic heterocycles. The first-order chi connectivity index (χ1) is 13.1. The Labute approximate surface area is 162 Å². The third-order valence-corrected chi connectivity index (χ3v) is 3.95. The fourth-order valence-corrected chi connectivity index (χ4v) is 2.66. The van der Waals surface area contributed by atoms with Gasteiger partial charge >= 0.3 is 11.9 Å². The molecular formula is C19H25FN2O6. The monoisotopic (exact) mass is 396 g/mol. The molecule has 9 heteroatoms. The molecule has 0 fully saturated rings. The predicted octanol–water partition coefficient (Wildman–Crippen LogP) is 1.03. The first-order valence-electron chi connectivity index (χ1n) is 8.84. The lowest BCUT2D eigenvalue weighted by Crippen LogP contribution is -2.54. The lowest BCUT2D eigenvalue weighted by Gasteiger charge is -2.24. The molecule has 0 aliphatic rings. The molecule has 0 unspecified atom stereocenters. The number of benzene rings is 1. The maximum absolute atomic E-state index is 13.4. The highest BCUT2D eigenvalue weighted by molar-refractivity contribution is 5.90. The van der Waals surface area contributed by atoms with Crippen LogP contribution in [-0.4, -0.2) is 47.6 Å². The summed E-state index contributed by atoms with van der Waals surface area (Å²) in [6.07, 6.45) is -0.221. The number of halogens is 1. The van der Waals surface area contributed by atoms with Crippen LogP contribution in [0.4, 0.5) is 4.39 Å². The van der Waals surface area contributed by atoms with Crippen LogP contribution in [0, 0.1) is 11.7 Å². The number of ether oxygens (including phenoxy) is 1. The molecule has 0 spiro atoms. The van der Waals surface area contributed by atoms with Gasteiger partial charge < -0.3 is 20.5 Å². The summed E-state index contributed by atoms with van der Waals surface area (Å²) < 4.78 is 18.2. The van der Waals surface area contributed by atoms with E-state index < -0.39 is 47.6 Å². The number of carbonyl (C=O) groups is 4. The molecule has 0 bridgehead atoms. The van der Waals surface area contributed by atoms with E-state index in [0.717, 1.165) is 0 Å². The van der Waals surface area contributed by atoms with Gasteiger partial charge in [-0.05, 0) is 30.5 Å². The van der Waals surface area contributed by atoms with Crippen molar-refractivity contribution in [3.63, 3.8) is 0 Å². The van der Waals surface area contributed by atoms with Crippen LogP contribution >= 0.6 is 0 Å². The maximum atomic E-state index is 13.4. The Morgan fingerprint density at radius 3 is 2.43 bits per heavy atom. The number of amides is 2. The number of hydrogen-bond acceptors (Lipinski definition) is 5. The summed E-state index contributed by atoms with van der Waals surface area (Å²) in [7, 11) is 0. The number of hydrogen-bond donors (Lipinski definition) is 3. The molecule has 3 N–H and O–H groups in total. The number of carboxylic acids is 1. The maximum Gasteiger partial charge on any atom is 0.326 e. The van der Waals surface area contributed by atoms with Crippen molar-refractivity contribution >= 4 is 23.8 Å².